The van der Waals surface area contributed by atoms with Crippen molar-refractivity contribution in [2.75, 3.05) is 6.54 Å². The Morgan fingerprint density at radius 1 is 1.22 bits per heavy atom. The number of carbonyl (C=O) groups is 4. The lowest BCUT2D eigenvalue weighted by Gasteiger charge is -2.35. The van der Waals surface area contributed by atoms with Crippen LogP contribution < -0.4 is 16.4 Å². The highest BCUT2D eigenvalue weighted by Crippen LogP contribution is 2.36. The fourth-order valence-corrected chi connectivity index (χ4v) is 3.81. The number of amides is 4. The number of nitrogens with two attached hydrogens (primary N) is 1. The third kappa shape index (κ3) is 8.59. The third-order valence-corrected chi connectivity index (χ3v) is 5.63. The van der Waals surface area contributed by atoms with Gasteiger partial charge in [0.2, 0.25) is 17.7 Å². The van der Waals surface area contributed by atoms with E-state index < -0.39 is 35.6 Å². The minimum absolute atomic E-state index is 0.0302. The number of alkyl carbamates (subject to hydrolysis) is 1. The topological polar surface area (TPSA) is 131 Å². The number of primary amides is 1. The fraction of sp³-hybridized carbons (Fsp3) is 0.556. The predicted molar refractivity (Wildman–Crippen MR) is 136 cm³/mol. The van der Waals surface area contributed by atoms with Crippen LogP contribution in [0.15, 0.2) is 24.3 Å². The maximum atomic E-state index is 14.0. The molecule has 0 aliphatic heterocycles. The van der Waals surface area contributed by atoms with Crippen LogP contribution in [0.1, 0.15) is 83.4 Å². The molecule has 1 fully saturated rings. The first-order valence-corrected chi connectivity index (χ1v) is 12.4. The maximum Gasteiger partial charge on any atom is 0.408 e. The summed E-state index contributed by atoms with van der Waals surface area (Å²) >= 11 is 0. The van der Waals surface area contributed by atoms with Crippen LogP contribution in [0.5, 0.6) is 0 Å². The van der Waals surface area contributed by atoms with Gasteiger partial charge in [0.15, 0.2) is 0 Å². The molecule has 0 radical (unpaired) electrons. The van der Waals surface area contributed by atoms with E-state index in [1.807, 2.05) is 6.92 Å². The SMILES string of the molecule is C#Cc1ccccc1C(C(=O)NCCCC)N(C(=O)C(CCC(N)=O)NC(=O)OC(C)(C)C)C1CC1. The van der Waals surface area contributed by atoms with E-state index in [-0.39, 0.29) is 24.8 Å². The van der Waals surface area contributed by atoms with Crippen LogP contribution in [0, 0.1) is 12.3 Å². The van der Waals surface area contributed by atoms with Gasteiger partial charge >= 0.3 is 6.09 Å². The van der Waals surface area contributed by atoms with Crippen LogP contribution in [0.25, 0.3) is 0 Å². The highest BCUT2D eigenvalue weighted by Gasteiger charge is 2.44. The Labute approximate surface area is 213 Å². The first-order valence-electron chi connectivity index (χ1n) is 12.4. The molecule has 196 valence electrons. The average Bonchev–Trinajstić information content (AvgIpc) is 3.63. The van der Waals surface area contributed by atoms with E-state index in [4.69, 9.17) is 16.9 Å². The van der Waals surface area contributed by atoms with Gasteiger partial charge in [-0.05, 0) is 58.1 Å². The van der Waals surface area contributed by atoms with E-state index in [9.17, 15) is 19.2 Å². The molecule has 0 spiro atoms. The summed E-state index contributed by atoms with van der Waals surface area (Å²) < 4.78 is 5.33. The van der Waals surface area contributed by atoms with Crippen LogP contribution >= 0.6 is 0 Å². The zero-order valence-electron chi connectivity index (χ0n) is 21.6. The number of nitrogens with zero attached hydrogens (tertiary/aromatic N) is 1. The van der Waals surface area contributed by atoms with Crippen molar-refractivity contribution >= 4 is 23.8 Å². The van der Waals surface area contributed by atoms with Gasteiger partial charge in [0.1, 0.15) is 17.7 Å². The van der Waals surface area contributed by atoms with E-state index in [1.54, 1.807) is 45.0 Å². The number of hydrogen-bond acceptors (Lipinski definition) is 5. The molecule has 1 aliphatic rings. The molecule has 0 heterocycles. The Morgan fingerprint density at radius 3 is 2.44 bits per heavy atom. The number of nitrogens with one attached hydrogen (secondary N) is 2. The summed E-state index contributed by atoms with van der Waals surface area (Å²) in [6, 6.07) is 4.68. The normalized spacial score (nSPS) is 14.6. The quantitative estimate of drug-likeness (QED) is 0.301. The van der Waals surface area contributed by atoms with Gasteiger partial charge in [-0.2, -0.15) is 0 Å². The Hall–Kier alpha value is -3.54. The summed E-state index contributed by atoms with van der Waals surface area (Å²) in [7, 11) is 0. The molecule has 36 heavy (non-hydrogen) atoms. The van der Waals surface area contributed by atoms with Crippen molar-refractivity contribution < 1.29 is 23.9 Å². The van der Waals surface area contributed by atoms with Gasteiger partial charge in [-0.3, -0.25) is 14.4 Å². The summed E-state index contributed by atoms with van der Waals surface area (Å²) in [5, 5.41) is 5.51. The third-order valence-electron chi connectivity index (χ3n) is 5.63. The number of ether oxygens (including phenoxy) is 1. The highest BCUT2D eigenvalue weighted by atomic mass is 16.6. The molecular weight excluding hydrogens is 460 g/mol. The Bertz CT molecular complexity index is 991. The van der Waals surface area contributed by atoms with E-state index in [0.717, 1.165) is 12.8 Å². The highest BCUT2D eigenvalue weighted by molar-refractivity contribution is 5.93. The number of benzene rings is 1. The van der Waals surface area contributed by atoms with E-state index in [0.29, 0.717) is 30.5 Å². The van der Waals surface area contributed by atoms with Crippen LogP contribution in [0.4, 0.5) is 4.79 Å². The van der Waals surface area contributed by atoms with Crippen molar-refractivity contribution in [3.8, 4) is 12.3 Å². The van der Waals surface area contributed by atoms with Crippen LogP contribution in [0.2, 0.25) is 0 Å². The van der Waals surface area contributed by atoms with Crippen molar-refractivity contribution in [2.45, 2.75) is 89.9 Å². The summed E-state index contributed by atoms with van der Waals surface area (Å²) in [4.78, 5) is 53.0. The van der Waals surface area contributed by atoms with Gasteiger partial charge in [0.25, 0.3) is 0 Å². The molecule has 2 atom stereocenters. The van der Waals surface area contributed by atoms with Gasteiger partial charge < -0.3 is 26.0 Å². The fourth-order valence-electron chi connectivity index (χ4n) is 3.81. The van der Waals surface area contributed by atoms with E-state index in [1.165, 1.54) is 4.90 Å². The molecule has 2 rings (SSSR count). The van der Waals surface area contributed by atoms with Gasteiger partial charge in [-0.15, -0.1) is 6.42 Å². The van der Waals surface area contributed by atoms with Crippen molar-refractivity contribution in [1.82, 2.24) is 15.5 Å². The largest absolute Gasteiger partial charge is 0.444 e. The predicted octanol–water partition coefficient (Wildman–Crippen LogP) is 2.78. The molecule has 2 unspecified atom stereocenters. The van der Waals surface area contributed by atoms with Crippen LogP contribution in [-0.2, 0) is 19.1 Å². The van der Waals surface area contributed by atoms with E-state index >= 15 is 0 Å². The lowest BCUT2D eigenvalue weighted by Crippen LogP contribution is -2.54. The molecule has 0 aromatic heterocycles. The summed E-state index contributed by atoms with van der Waals surface area (Å²) in [6.45, 7) is 7.59. The molecule has 1 aromatic carbocycles. The Morgan fingerprint density at radius 2 is 1.89 bits per heavy atom. The summed E-state index contributed by atoms with van der Waals surface area (Å²) in [6.07, 6.45) is 7.87. The molecule has 1 saturated carbocycles. The van der Waals surface area contributed by atoms with Gasteiger partial charge in [0.05, 0.1) is 0 Å². The van der Waals surface area contributed by atoms with Crippen molar-refractivity contribution in [1.29, 1.82) is 0 Å². The first-order chi connectivity index (χ1) is 17.0. The number of terminal acetylenes is 1. The number of carbonyl (C=O) groups excluding carboxylic acids is 4. The lowest BCUT2D eigenvalue weighted by molar-refractivity contribution is -0.143. The molecule has 0 bridgehead atoms. The Kier molecular flexibility index (Phi) is 10.3. The van der Waals surface area contributed by atoms with Crippen molar-refractivity contribution in [3.05, 3.63) is 35.4 Å². The zero-order chi connectivity index (χ0) is 26.9. The van der Waals surface area contributed by atoms with Crippen LogP contribution in [0.3, 0.4) is 0 Å². The molecule has 9 nitrogen and oxygen atoms in total. The molecule has 1 aromatic rings. The Balaban J connectivity index is 2.47. The number of unbranched alkanes of at least 4 members (excludes halogenated alkanes) is 1. The zero-order valence-corrected chi connectivity index (χ0v) is 21.6. The van der Waals surface area contributed by atoms with Gasteiger partial charge in [-0.25, -0.2) is 4.79 Å². The molecule has 4 amide bonds. The smallest absolute Gasteiger partial charge is 0.408 e. The number of rotatable bonds is 12. The van der Waals surface area contributed by atoms with Crippen molar-refractivity contribution in [2.24, 2.45) is 5.73 Å². The average molecular weight is 499 g/mol. The van der Waals surface area contributed by atoms with E-state index in [2.05, 4.69) is 16.6 Å². The van der Waals surface area contributed by atoms with Gasteiger partial charge in [0, 0.05) is 24.6 Å². The monoisotopic (exact) mass is 498 g/mol. The molecule has 1 aliphatic carbocycles. The minimum Gasteiger partial charge on any atom is -0.444 e. The standard InChI is InChI=1S/C27H38N4O5/c1-6-8-17-29-24(33)23(20-12-10-9-11-18(20)7-2)31(19-13-14-19)25(34)21(15-16-22(28)32)30-26(35)36-27(3,4)5/h2,9-12,19,21,23H,6,8,13-17H2,1,3-5H3,(H2,28,32)(H,29,33)(H,30,35). The summed E-state index contributed by atoms with van der Waals surface area (Å²) in [5.74, 6) is 1.16. The molecule has 9 heteroatoms. The minimum atomic E-state index is -1.11. The molecular formula is C27H38N4O5. The first kappa shape index (κ1) is 28.7. The second-order valence-corrected chi connectivity index (χ2v) is 9.96. The van der Waals surface area contributed by atoms with Crippen LogP contribution in [-0.4, -0.2) is 52.9 Å². The molecule has 0 saturated heterocycles. The maximum absolute atomic E-state index is 14.0. The van der Waals surface area contributed by atoms with Gasteiger partial charge in [-0.1, -0.05) is 37.5 Å². The summed E-state index contributed by atoms with van der Waals surface area (Å²) in [5.41, 5.74) is 5.57. The lowest BCUT2D eigenvalue weighted by atomic mass is 9.96. The molecule has 4 N–H and O–H groups in total. The second-order valence-electron chi connectivity index (χ2n) is 9.96. The second kappa shape index (κ2) is 13.0. The number of hydrogen-bond donors (Lipinski definition) is 3. The van der Waals surface area contributed by atoms with Crippen molar-refractivity contribution in [3.63, 3.8) is 0 Å².